The second kappa shape index (κ2) is 7.21. The van der Waals surface area contributed by atoms with Gasteiger partial charge in [0.25, 0.3) is 0 Å². The molecule has 1 aromatic rings. The monoisotopic (exact) mass is 292 g/mol. The van der Waals surface area contributed by atoms with E-state index in [9.17, 15) is 4.79 Å². The van der Waals surface area contributed by atoms with Gasteiger partial charge in [-0.15, -0.1) is 0 Å². The van der Waals surface area contributed by atoms with Crippen LogP contribution in [0.3, 0.4) is 0 Å². The topological polar surface area (TPSA) is 64.6 Å². The van der Waals surface area contributed by atoms with Crippen LogP contribution in [0.5, 0.6) is 0 Å². The average molecular weight is 292 g/mol. The van der Waals surface area contributed by atoms with Crippen molar-refractivity contribution in [3.05, 3.63) is 11.8 Å². The summed E-state index contributed by atoms with van der Waals surface area (Å²) in [5, 5.41) is 3.33. The fourth-order valence-corrected chi connectivity index (χ4v) is 2.22. The van der Waals surface area contributed by atoms with Crippen molar-refractivity contribution in [2.24, 2.45) is 0 Å². The first-order chi connectivity index (χ1) is 10.1. The number of piperazine rings is 1. The quantitative estimate of drug-likeness (QED) is 0.747. The molecule has 1 N–H and O–H groups in total. The summed E-state index contributed by atoms with van der Waals surface area (Å²) in [7, 11) is 4.09. The maximum Gasteiger partial charge on any atom is 0.227 e. The largest absolute Gasteiger partial charge is 0.369 e. The highest BCUT2D eigenvalue weighted by Crippen LogP contribution is 2.15. The molecule has 0 aromatic carbocycles. The van der Waals surface area contributed by atoms with Crippen molar-refractivity contribution in [1.29, 1.82) is 0 Å². The number of anilines is 2. The minimum absolute atomic E-state index is 0.726. The lowest BCUT2D eigenvalue weighted by Gasteiger charge is -2.32. The van der Waals surface area contributed by atoms with E-state index in [1.165, 1.54) is 0 Å². The SMILES string of the molecule is Cc1cc(NCCN(C)C)nc(N2CCN(C=O)CC2)n1. The number of likely N-dealkylation sites (N-methyl/N-ethyl adjacent to an activating group) is 1. The van der Waals surface area contributed by atoms with Crippen LogP contribution in [0.2, 0.25) is 0 Å². The number of aromatic nitrogens is 2. The van der Waals surface area contributed by atoms with E-state index in [0.29, 0.717) is 0 Å². The summed E-state index contributed by atoms with van der Waals surface area (Å²) in [5.74, 6) is 1.60. The number of hydrogen-bond acceptors (Lipinski definition) is 6. The van der Waals surface area contributed by atoms with Gasteiger partial charge >= 0.3 is 0 Å². The molecule has 21 heavy (non-hydrogen) atoms. The lowest BCUT2D eigenvalue weighted by atomic mass is 10.3. The Bertz CT molecular complexity index is 471. The van der Waals surface area contributed by atoms with E-state index in [0.717, 1.165) is 63.1 Å². The number of rotatable bonds is 6. The van der Waals surface area contributed by atoms with Crippen molar-refractivity contribution >= 4 is 18.2 Å². The van der Waals surface area contributed by atoms with Crippen molar-refractivity contribution < 1.29 is 4.79 Å². The van der Waals surface area contributed by atoms with Crippen LogP contribution < -0.4 is 10.2 Å². The van der Waals surface area contributed by atoms with Gasteiger partial charge in [0.2, 0.25) is 12.4 Å². The van der Waals surface area contributed by atoms with Crippen LogP contribution in [0.1, 0.15) is 5.69 Å². The summed E-state index contributed by atoms with van der Waals surface area (Å²) in [6, 6.07) is 1.96. The molecule has 0 aliphatic carbocycles. The molecule has 0 unspecified atom stereocenters. The zero-order valence-corrected chi connectivity index (χ0v) is 13.0. The van der Waals surface area contributed by atoms with Crippen LogP contribution in [-0.2, 0) is 4.79 Å². The number of carbonyl (C=O) groups is 1. The Labute approximate surface area is 126 Å². The molecule has 1 aliphatic heterocycles. The van der Waals surface area contributed by atoms with Crippen LogP contribution in [0, 0.1) is 6.92 Å². The number of carbonyl (C=O) groups excluding carboxylic acids is 1. The number of amides is 1. The Morgan fingerprint density at radius 3 is 2.62 bits per heavy atom. The molecule has 0 spiro atoms. The third-order valence-electron chi connectivity index (χ3n) is 3.45. The van der Waals surface area contributed by atoms with Gasteiger partial charge < -0.3 is 20.0 Å². The maximum absolute atomic E-state index is 10.7. The Morgan fingerprint density at radius 2 is 2.00 bits per heavy atom. The molecule has 1 amide bonds. The predicted molar refractivity (Wildman–Crippen MR) is 83.7 cm³/mol. The van der Waals surface area contributed by atoms with Crippen molar-refractivity contribution in [3.8, 4) is 0 Å². The highest BCUT2D eigenvalue weighted by molar-refractivity contribution is 5.49. The highest BCUT2D eigenvalue weighted by Gasteiger charge is 2.18. The number of nitrogens with zero attached hydrogens (tertiary/aromatic N) is 5. The van der Waals surface area contributed by atoms with Crippen LogP contribution in [0.4, 0.5) is 11.8 Å². The van der Waals surface area contributed by atoms with Gasteiger partial charge in [-0.1, -0.05) is 0 Å². The van der Waals surface area contributed by atoms with Gasteiger partial charge in [0, 0.05) is 51.0 Å². The molecule has 1 aliphatic rings. The smallest absolute Gasteiger partial charge is 0.227 e. The van der Waals surface area contributed by atoms with Crippen LogP contribution >= 0.6 is 0 Å². The second-order valence-corrected chi connectivity index (χ2v) is 5.55. The van der Waals surface area contributed by atoms with E-state index in [-0.39, 0.29) is 0 Å². The van der Waals surface area contributed by atoms with Gasteiger partial charge in [0.1, 0.15) is 5.82 Å². The van der Waals surface area contributed by atoms with Gasteiger partial charge in [-0.3, -0.25) is 4.79 Å². The molecule has 7 heteroatoms. The number of aryl methyl sites for hydroxylation is 1. The summed E-state index contributed by atoms with van der Waals surface area (Å²) in [6.07, 6.45) is 0.905. The first-order valence-corrected chi connectivity index (χ1v) is 7.27. The molecule has 116 valence electrons. The van der Waals surface area contributed by atoms with Gasteiger partial charge in [-0.05, 0) is 21.0 Å². The van der Waals surface area contributed by atoms with E-state index in [1.807, 2.05) is 27.1 Å². The Kier molecular flexibility index (Phi) is 5.32. The van der Waals surface area contributed by atoms with Crippen LogP contribution in [-0.4, -0.2) is 79.5 Å². The minimum atomic E-state index is 0.726. The first-order valence-electron chi connectivity index (χ1n) is 7.27. The molecule has 0 radical (unpaired) electrons. The molecule has 7 nitrogen and oxygen atoms in total. The lowest BCUT2D eigenvalue weighted by Crippen LogP contribution is -2.46. The van der Waals surface area contributed by atoms with Gasteiger partial charge in [0.15, 0.2) is 0 Å². The molecule has 0 saturated carbocycles. The van der Waals surface area contributed by atoms with Gasteiger partial charge in [0.05, 0.1) is 0 Å². The normalized spacial score (nSPS) is 15.4. The number of hydrogen-bond donors (Lipinski definition) is 1. The lowest BCUT2D eigenvalue weighted by molar-refractivity contribution is -0.118. The van der Waals surface area contributed by atoms with Crippen molar-refractivity contribution in [2.75, 3.05) is 63.6 Å². The van der Waals surface area contributed by atoms with E-state index in [1.54, 1.807) is 4.90 Å². The standard InChI is InChI=1S/C14H24N6O/c1-12-10-13(15-4-5-18(2)3)17-14(16-12)20-8-6-19(11-21)7-9-20/h10-11H,4-9H2,1-3H3,(H,15,16,17). The molecular formula is C14H24N6O. The van der Waals surface area contributed by atoms with Crippen molar-refractivity contribution in [2.45, 2.75) is 6.92 Å². The predicted octanol–water partition coefficient (Wildman–Crippen LogP) is 0.0369. The average Bonchev–Trinajstić information content (AvgIpc) is 2.46. The van der Waals surface area contributed by atoms with Crippen LogP contribution in [0.25, 0.3) is 0 Å². The molecule has 0 bridgehead atoms. The fraction of sp³-hybridized carbons (Fsp3) is 0.643. The summed E-state index contributed by atoms with van der Waals surface area (Å²) in [5.41, 5.74) is 0.949. The highest BCUT2D eigenvalue weighted by atomic mass is 16.1. The molecule has 2 rings (SSSR count). The van der Waals surface area contributed by atoms with Gasteiger partial charge in [-0.2, -0.15) is 4.98 Å². The summed E-state index contributed by atoms with van der Waals surface area (Å²) in [4.78, 5) is 25.9. The Morgan fingerprint density at radius 1 is 1.29 bits per heavy atom. The fourth-order valence-electron chi connectivity index (χ4n) is 2.22. The van der Waals surface area contributed by atoms with Crippen LogP contribution in [0.15, 0.2) is 6.07 Å². The van der Waals surface area contributed by atoms with Crippen molar-refractivity contribution in [1.82, 2.24) is 19.8 Å². The summed E-state index contributed by atoms with van der Waals surface area (Å²) in [6.45, 7) is 6.79. The van der Waals surface area contributed by atoms with Gasteiger partial charge in [-0.25, -0.2) is 4.98 Å². The number of nitrogens with one attached hydrogen (secondary N) is 1. The maximum atomic E-state index is 10.7. The zero-order chi connectivity index (χ0) is 15.2. The third kappa shape index (κ3) is 4.56. The molecule has 1 saturated heterocycles. The van der Waals surface area contributed by atoms with E-state index in [4.69, 9.17) is 0 Å². The Balaban J connectivity index is 1.99. The second-order valence-electron chi connectivity index (χ2n) is 5.55. The van der Waals surface area contributed by atoms with E-state index < -0.39 is 0 Å². The minimum Gasteiger partial charge on any atom is -0.369 e. The summed E-state index contributed by atoms with van der Waals surface area (Å²) >= 11 is 0. The molecule has 2 heterocycles. The molecule has 1 aromatic heterocycles. The Hall–Kier alpha value is -1.89. The molecule has 1 fully saturated rings. The zero-order valence-electron chi connectivity index (χ0n) is 13.0. The molecular weight excluding hydrogens is 268 g/mol. The first kappa shape index (κ1) is 15.5. The van der Waals surface area contributed by atoms with Crippen molar-refractivity contribution in [3.63, 3.8) is 0 Å². The third-order valence-corrected chi connectivity index (χ3v) is 3.45. The van der Waals surface area contributed by atoms with E-state index >= 15 is 0 Å². The molecule has 0 atom stereocenters. The van der Waals surface area contributed by atoms with E-state index in [2.05, 4.69) is 25.1 Å². The summed E-state index contributed by atoms with van der Waals surface area (Å²) < 4.78 is 0.